The number of nitrogens with one attached hydrogen (secondary N) is 2. The van der Waals surface area contributed by atoms with E-state index in [2.05, 4.69) is 15.5 Å². The Morgan fingerprint density at radius 1 is 1.30 bits per heavy atom. The van der Waals surface area contributed by atoms with Crippen molar-refractivity contribution < 1.29 is 9.18 Å². The van der Waals surface area contributed by atoms with Gasteiger partial charge in [0, 0.05) is 11.3 Å². The molecule has 2 N–H and O–H groups in total. The molecule has 0 spiro atoms. The van der Waals surface area contributed by atoms with E-state index in [0.717, 1.165) is 16.8 Å². The highest BCUT2D eigenvalue weighted by molar-refractivity contribution is 8.01. The maximum Gasteiger partial charge on any atom is 0.238 e. The van der Waals surface area contributed by atoms with E-state index in [9.17, 15) is 9.18 Å². The average Bonchev–Trinajstić information content (AvgIpc) is 2.71. The van der Waals surface area contributed by atoms with E-state index in [-0.39, 0.29) is 22.2 Å². The van der Waals surface area contributed by atoms with Crippen LogP contribution < -0.4 is 5.32 Å². The lowest BCUT2D eigenvalue weighted by Crippen LogP contribution is -2.21. The van der Waals surface area contributed by atoms with Crippen LogP contribution in [-0.2, 0) is 4.79 Å². The first-order chi connectivity index (χ1) is 9.56. The number of carbonyl (C=O) groups excluding carboxylic acids is 1. The van der Waals surface area contributed by atoms with Crippen LogP contribution in [-0.4, -0.2) is 21.4 Å². The molecule has 1 aliphatic heterocycles. The van der Waals surface area contributed by atoms with Crippen molar-refractivity contribution in [3.8, 4) is 0 Å². The molecule has 0 saturated carbocycles. The molecule has 3 rings (SSSR count). The monoisotopic (exact) mass is 291 g/mol. The molecule has 2 aromatic rings. The highest BCUT2D eigenvalue weighted by atomic mass is 32.2. The second-order valence-electron chi connectivity index (χ2n) is 4.81. The van der Waals surface area contributed by atoms with Gasteiger partial charge in [0.2, 0.25) is 5.91 Å². The van der Waals surface area contributed by atoms with Crippen molar-refractivity contribution >= 4 is 23.5 Å². The van der Waals surface area contributed by atoms with E-state index in [1.54, 1.807) is 23.9 Å². The molecule has 0 aliphatic carbocycles. The van der Waals surface area contributed by atoms with Gasteiger partial charge in [0.15, 0.2) is 5.82 Å². The summed E-state index contributed by atoms with van der Waals surface area (Å²) in [5.74, 6) is 0.241. The summed E-state index contributed by atoms with van der Waals surface area (Å²) in [4.78, 5) is 12.0. The Labute approximate surface area is 120 Å². The van der Waals surface area contributed by atoms with E-state index in [1.807, 2.05) is 13.8 Å². The zero-order valence-corrected chi connectivity index (χ0v) is 11.9. The molecule has 0 radical (unpaired) electrons. The van der Waals surface area contributed by atoms with Gasteiger partial charge in [0.1, 0.15) is 5.82 Å². The average molecular weight is 291 g/mol. The minimum Gasteiger partial charge on any atom is -0.308 e. The first-order valence-corrected chi connectivity index (χ1v) is 7.27. The van der Waals surface area contributed by atoms with Crippen LogP contribution in [0.4, 0.5) is 10.2 Å². The molecule has 2 heterocycles. The van der Waals surface area contributed by atoms with Gasteiger partial charge in [0.25, 0.3) is 0 Å². The van der Waals surface area contributed by atoms with Crippen LogP contribution in [0.25, 0.3) is 0 Å². The summed E-state index contributed by atoms with van der Waals surface area (Å²) in [5.41, 5.74) is 2.83. The fourth-order valence-corrected chi connectivity index (χ4v) is 3.62. The molecule has 0 saturated heterocycles. The van der Waals surface area contributed by atoms with Crippen LogP contribution in [0.2, 0.25) is 0 Å². The van der Waals surface area contributed by atoms with Gasteiger partial charge in [-0.2, -0.15) is 5.10 Å². The number of H-pyrrole nitrogens is 1. The Bertz CT molecular complexity index is 653. The van der Waals surface area contributed by atoms with Gasteiger partial charge in [-0.1, -0.05) is 12.1 Å². The van der Waals surface area contributed by atoms with Crippen molar-refractivity contribution in [2.75, 3.05) is 5.32 Å². The number of fused-ring (bicyclic) bond motifs is 1. The quantitative estimate of drug-likeness (QED) is 0.849. The molecule has 1 aromatic carbocycles. The third kappa shape index (κ3) is 2.20. The predicted octanol–water partition coefficient (Wildman–Crippen LogP) is 3.02. The molecular weight excluding hydrogens is 277 g/mol. The number of aromatic amines is 1. The van der Waals surface area contributed by atoms with E-state index in [4.69, 9.17) is 0 Å². The maximum atomic E-state index is 13.1. The molecule has 1 aromatic heterocycles. The van der Waals surface area contributed by atoms with Crippen molar-refractivity contribution in [2.24, 2.45) is 0 Å². The molecule has 0 unspecified atom stereocenters. The Kier molecular flexibility index (Phi) is 3.25. The van der Waals surface area contributed by atoms with Crippen LogP contribution >= 0.6 is 11.8 Å². The fraction of sp³-hybridized carbons (Fsp3) is 0.286. The summed E-state index contributed by atoms with van der Waals surface area (Å²) in [6.07, 6.45) is 0. The number of amides is 1. The van der Waals surface area contributed by atoms with Gasteiger partial charge in [-0.25, -0.2) is 4.39 Å². The van der Waals surface area contributed by atoms with E-state index in [0.29, 0.717) is 5.82 Å². The predicted molar refractivity (Wildman–Crippen MR) is 77.3 cm³/mol. The Morgan fingerprint density at radius 3 is 2.70 bits per heavy atom. The number of hydrogen-bond donors (Lipinski definition) is 2. The Hall–Kier alpha value is -1.82. The maximum absolute atomic E-state index is 13.1. The normalized spacial score (nSPS) is 22.1. The Morgan fingerprint density at radius 2 is 2.00 bits per heavy atom. The lowest BCUT2D eigenvalue weighted by Gasteiger charge is -2.17. The number of carbonyl (C=O) groups is 1. The number of anilines is 1. The topological polar surface area (TPSA) is 57.8 Å². The number of halogens is 1. The zero-order valence-electron chi connectivity index (χ0n) is 11.1. The molecule has 6 heteroatoms. The molecule has 1 amide bonds. The first-order valence-electron chi connectivity index (χ1n) is 6.33. The van der Waals surface area contributed by atoms with Gasteiger partial charge in [0.05, 0.1) is 10.5 Å². The third-order valence-electron chi connectivity index (χ3n) is 3.38. The molecular formula is C14H14FN3OS. The summed E-state index contributed by atoms with van der Waals surface area (Å²) in [7, 11) is 0. The fourth-order valence-electron chi connectivity index (χ4n) is 2.29. The summed E-state index contributed by atoms with van der Waals surface area (Å²) in [5, 5.41) is 9.64. The highest BCUT2D eigenvalue weighted by Crippen LogP contribution is 2.44. The summed E-state index contributed by atoms with van der Waals surface area (Å²) >= 11 is 1.54. The van der Waals surface area contributed by atoms with E-state index in [1.165, 1.54) is 12.1 Å². The second-order valence-corrected chi connectivity index (χ2v) is 6.26. The van der Waals surface area contributed by atoms with Crippen molar-refractivity contribution in [3.63, 3.8) is 0 Å². The van der Waals surface area contributed by atoms with Crippen LogP contribution in [0, 0.1) is 12.7 Å². The molecule has 20 heavy (non-hydrogen) atoms. The highest BCUT2D eigenvalue weighted by Gasteiger charge is 2.32. The van der Waals surface area contributed by atoms with Gasteiger partial charge < -0.3 is 5.32 Å². The van der Waals surface area contributed by atoms with Crippen LogP contribution in [0.15, 0.2) is 24.3 Å². The van der Waals surface area contributed by atoms with Gasteiger partial charge in [-0.05, 0) is 31.5 Å². The standard InChI is InChI=1S/C14H14FN3OS/c1-7-11-12(9-3-5-10(15)6-4-9)20-8(2)14(19)16-13(11)18-17-7/h3-6,8,12H,1-2H3,(H2,16,17,18,19)/t8-,12-/m0/s1. The van der Waals surface area contributed by atoms with Crippen LogP contribution in [0.1, 0.15) is 29.0 Å². The lowest BCUT2D eigenvalue weighted by atomic mass is 10.0. The third-order valence-corrected chi connectivity index (χ3v) is 4.78. The van der Waals surface area contributed by atoms with Gasteiger partial charge >= 0.3 is 0 Å². The SMILES string of the molecule is Cc1[nH]nc2c1[C@H](c1ccc(F)cc1)S[C@@H](C)C(=O)N2. The zero-order chi connectivity index (χ0) is 14.3. The number of thioether (sulfide) groups is 1. The first kappa shape index (κ1) is 13.2. The molecule has 104 valence electrons. The summed E-state index contributed by atoms with van der Waals surface area (Å²) in [6.45, 7) is 3.78. The van der Waals surface area contributed by atoms with Crippen LogP contribution in [0.3, 0.4) is 0 Å². The molecule has 2 atom stereocenters. The molecule has 4 nitrogen and oxygen atoms in total. The van der Waals surface area contributed by atoms with Crippen molar-refractivity contribution in [3.05, 3.63) is 46.9 Å². The number of nitrogens with zero attached hydrogens (tertiary/aromatic N) is 1. The summed E-state index contributed by atoms with van der Waals surface area (Å²) in [6, 6.07) is 6.39. The molecule has 1 aliphatic rings. The van der Waals surface area contributed by atoms with E-state index < -0.39 is 0 Å². The smallest absolute Gasteiger partial charge is 0.238 e. The van der Waals surface area contributed by atoms with Gasteiger partial charge in [-0.15, -0.1) is 11.8 Å². The Balaban J connectivity index is 2.10. The largest absolute Gasteiger partial charge is 0.308 e. The minimum atomic E-state index is -0.265. The number of aromatic nitrogens is 2. The number of aryl methyl sites for hydroxylation is 1. The van der Waals surface area contributed by atoms with Crippen molar-refractivity contribution in [1.29, 1.82) is 0 Å². The number of rotatable bonds is 1. The van der Waals surface area contributed by atoms with E-state index >= 15 is 0 Å². The number of hydrogen-bond acceptors (Lipinski definition) is 3. The van der Waals surface area contributed by atoms with Crippen LogP contribution in [0.5, 0.6) is 0 Å². The lowest BCUT2D eigenvalue weighted by molar-refractivity contribution is -0.115. The van der Waals surface area contributed by atoms with Crippen molar-refractivity contribution in [2.45, 2.75) is 24.3 Å². The molecule has 0 fully saturated rings. The summed E-state index contributed by atoms with van der Waals surface area (Å²) < 4.78 is 13.1. The number of benzene rings is 1. The minimum absolute atomic E-state index is 0.0432. The second kappa shape index (κ2) is 4.94. The van der Waals surface area contributed by atoms with Gasteiger partial charge in [-0.3, -0.25) is 9.89 Å². The van der Waals surface area contributed by atoms with Crippen molar-refractivity contribution in [1.82, 2.24) is 10.2 Å². The molecule has 0 bridgehead atoms.